The molecule has 8 nitrogen and oxygen atoms in total. The Labute approximate surface area is 182 Å². The number of benzene rings is 3. The van der Waals surface area contributed by atoms with Gasteiger partial charge in [-0.05, 0) is 49.4 Å². The van der Waals surface area contributed by atoms with Gasteiger partial charge in [0.05, 0.1) is 11.1 Å². The lowest BCUT2D eigenvalue weighted by Gasteiger charge is -2.07. The van der Waals surface area contributed by atoms with Gasteiger partial charge in [-0.1, -0.05) is 35.4 Å². The van der Waals surface area contributed by atoms with E-state index in [9.17, 15) is 19.7 Å². The second-order valence-electron chi connectivity index (χ2n) is 6.57. The van der Waals surface area contributed by atoms with Gasteiger partial charge in [-0.3, -0.25) is 19.7 Å². The van der Waals surface area contributed by atoms with E-state index in [1.54, 1.807) is 42.5 Å². The molecule has 0 atom stereocenters. The van der Waals surface area contributed by atoms with Crippen LogP contribution in [-0.2, 0) is 0 Å². The Morgan fingerprint density at radius 1 is 1.00 bits per heavy atom. The molecule has 0 aromatic heterocycles. The molecule has 0 bridgehead atoms. The molecule has 0 unspecified atom stereocenters. The fourth-order valence-corrected chi connectivity index (χ4v) is 2.86. The first-order valence-electron chi connectivity index (χ1n) is 9.09. The van der Waals surface area contributed by atoms with Crippen LogP contribution in [0.3, 0.4) is 0 Å². The van der Waals surface area contributed by atoms with Crippen LogP contribution in [0.15, 0.2) is 71.8 Å². The minimum atomic E-state index is -0.600. The third-order valence-electron chi connectivity index (χ3n) is 4.23. The van der Waals surface area contributed by atoms with Crippen LogP contribution in [0.2, 0.25) is 5.02 Å². The van der Waals surface area contributed by atoms with Gasteiger partial charge in [0, 0.05) is 28.4 Å². The predicted molar refractivity (Wildman–Crippen MR) is 119 cm³/mol. The molecule has 3 aromatic carbocycles. The van der Waals surface area contributed by atoms with E-state index in [0.29, 0.717) is 22.4 Å². The van der Waals surface area contributed by atoms with E-state index >= 15 is 0 Å². The Bertz CT molecular complexity index is 1180. The molecule has 3 aromatic rings. The van der Waals surface area contributed by atoms with E-state index in [1.165, 1.54) is 24.4 Å². The Morgan fingerprint density at radius 3 is 2.42 bits per heavy atom. The predicted octanol–water partition coefficient (Wildman–Crippen LogP) is 4.57. The van der Waals surface area contributed by atoms with E-state index in [4.69, 9.17) is 11.6 Å². The normalized spacial score (nSPS) is 10.6. The highest BCUT2D eigenvalue weighted by atomic mass is 35.5. The smallest absolute Gasteiger partial charge is 0.288 e. The minimum absolute atomic E-state index is 0.0146. The quantitative estimate of drug-likeness (QED) is 0.334. The van der Waals surface area contributed by atoms with Crippen molar-refractivity contribution >= 4 is 41.0 Å². The van der Waals surface area contributed by atoms with Crippen molar-refractivity contribution in [2.45, 2.75) is 6.92 Å². The van der Waals surface area contributed by atoms with Gasteiger partial charge in [0.1, 0.15) is 5.02 Å². The maximum absolute atomic E-state index is 12.3. The monoisotopic (exact) mass is 436 g/mol. The van der Waals surface area contributed by atoms with Crippen molar-refractivity contribution in [3.8, 4) is 0 Å². The molecule has 0 heterocycles. The Morgan fingerprint density at radius 2 is 1.74 bits per heavy atom. The van der Waals surface area contributed by atoms with Crippen LogP contribution in [0.4, 0.5) is 11.4 Å². The maximum Gasteiger partial charge on any atom is 0.288 e. The number of hydrogen-bond donors (Lipinski definition) is 2. The zero-order valence-electron chi connectivity index (χ0n) is 16.3. The van der Waals surface area contributed by atoms with Gasteiger partial charge in [0.2, 0.25) is 0 Å². The third kappa shape index (κ3) is 5.74. The largest absolute Gasteiger partial charge is 0.322 e. The van der Waals surface area contributed by atoms with Gasteiger partial charge in [-0.25, -0.2) is 5.43 Å². The molecule has 2 N–H and O–H groups in total. The molecule has 3 rings (SSSR count). The first-order valence-corrected chi connectivity index (χ1v) is 9.47. The molecule has 0 aliphatic heterocycles. The zero-order valence-corrected chi connectivity index (χ0v) is 17.1. The molecular formula is C22H17ClN4O4. The van der Waals surface area contributed by atoms with Crippen molar-refractivity contribution in [1.29, 1.82) is 0 Å². The average molecular weight is 437 g/mol. The highest BCUT2D eigenvalue weighted by Gasteiger charge is 2.12. The molecule has 0 aliphatic carbocycles. The van der Waals surface area contributed by atoms with E-state index in [2.05, 4.69) is 15.8 Å². The number of nitrogens with zero attached hydrogens (tertiary/aromatic N) is 2. The number of aryl methyl sites for hydroxylation is 1. The number of nitrogens with one attached hydrogen (secondary N) is 2. The highest BCUT2D eigenvalue weighted by Crippen LogP contribution is 2.24. The number of anilines is 1. The van der Waals surface area contributed by atoms with Crippen LogP contribution in [0.5, 0.6) is 0 Å². The van der Waals surface area contributed by atoms with Gasteiger partial charge in [0.25, 0.3) is 17.5 Å². The van der Waals surface area contributed by atoms with Gasteiger partial charge >= 0.3 is 0 Å². The lowest BCUT2D eigenvalue weighted by molar-refractivity contribution is -0.384. The molecule has 0 spiro atoms. The first-order chi connectivity index (χ1) is 14.8. The molecule has 31 heavy (non-hydrogen) atoms. The summed E-state index contributed by atoms with van der Waals surface area (Å²) in [6.07, 6.45) is 1.28. The number of carbonyl (C=O) groups is 2. The van der Waals surface area contributed by atoms with Gasteiger partial charge in [-0.2, -0.15) is 5.10 Å². The summed E-state index contributed by atoms with van der Waals surface area (Å²) in [7, 11) is 0. The van der Waals surface area contributed by atoms with Crippen molar-refractivity contribution in [2.75, 3.05) is 5.32 Å². The van der Waals surface area contributed by atoms with Crippen molar-refractivity contribution in [2.24, 2.45) is 5.10 Å². The SMILES string of the molecule is Cc1cccc(C(=O)Nc2ccc(C(=O)NN=Cc3ccc(Cl)c([N+](=O)[O-])c3)cc2)c1. The number of amides is 2. The van der Waals surface area contributed by atoms with Crippen molar-refractivity contribution in [3.63, 3.8) is 0 Å². The molecule has 9 heteroatoms. The summed E-state index contributed by atoms with van der Waals surface area (Å²) in [6, 6.07) is 17.7. The van der Waals surface area contributed by atoms with Gasteiger partial charge in [0.15, 0.2) is 0 Å². The average Bonchev–Trinajstić information content (AvgIpc) is 2.75. The number of carbonyl (C=O) groups excluding carboxylic acids is 2. The number of hydrogen-bond acceptors (Lipinski definition) is 5. The number of nitro benzene ring substituents is 1. The number of rotatable bonds is 6. The second kappa shape index (κ2) is 9.64. The minimum Gasteiger partial charge on any atom is -0.322 e. The van der Waals surface area contributed by atoms with E-state index in [1.807, 2.05) is 13.0 Å². The van der Waals surface area contributed by atoms with Crippen molar-refractivity contribution in [1.82, 2.24) is 5.43 Å². The van der Waals surface area contributed by atoms with Gasteiger partial charge in [-0.15, -0.1) is 0 Å². The Kier molecular flexibility index (Phi) is 6.74. The van der Waals surface area contributed by atoms with Crippen molar-refractivity contribution < 1.29 is 14.5 Å². The topological polar surface area (TPSA) is 114 Å². The van der Waals surface area contributed by atoms with Crippen molar-refractivity contribution in [3.05, 3.63) is 104 Å². The molecule has 156 valence electrons. The fourth-order valence-electron chi connectivity index (χ4n) is 2.67. The summed E-state index contributed by atoms with van der Waals surface area (Å²) in [4.78, 5) is 34.8. The lowest BCUT2D eigenvalue weighted by atomic mass is 10.1. The van der Waals surface area contributed by atoms with Crippen LogP contribution in [0, 0.1) is 17.0 Å². The zero-order chi connectivity index (χ0) is 22.4. The number of halogens is 1. The van der Waals surface area contributed by atoms with Crippen LogP contribution >= 0.6 is 11.6 Å². The maximum atomic E-state index is 12.3. The second-order valence-corrected chi connectivity index (χ2v) is 6.98. The van der Waals surface area contributed by atoms with Crippen LogP contribution < -0.4 is 10.7 Å². The number of nitro groups is 1. The van der Waals surface area contributed by atoms with Crippen LogP contribution in [0.1, 0.15) is 31.8 Å². The van der Waals surface area contributed by atoms with Crippen LogP contribution in [-0.4, -0.2) is 23.0 Å². The summed E-state index contributed by atoms with van der Waals surface area (Å²) in [5.74, 6) is -0.723. The molecule has 0 radical (unpaired) electrons. The molecule has 0 saturated carbocycles. The van der Waals surface area contributed by atoms with E-state index in [0.717, 1.165) is 5.56 Å². The lowest BCUT2D eigenvalue weighted by Crippen LogP contribution is -2.18. The Hall–Kier alpha value is -4.04. The molecule has 0 aliphatic rings. The summed E-state index contributed by atoms with van der Waals surface area (Å²) in [6.45, 7) is 1.90. The summed E-state index contributed by atoms with van der Waals surface area (Å²) >= 11 is 5.76. The molecule has 0 saturated heterocycles. The summed E-state index contributed by atoms with van der Waals surface area (Å²) in [5.41, 5.74) is 4.89. The summed E-state index contributed by atoms with van der Waals surface area (Å²) in [5, 5.41) is 17.5. The summed E-state index contributed by atoms with van der Waals surface area (Å²) < 4.78 is 0. The highest BCUT2D eigenvalue weighted by molar-refractivity contribution is 6.32. The Balaban J connectivity index is 1.60. The molecule has 2 amide bonds. The van der Waals surface area contributed by atoms with E-state index < -0.39 is 10.8 Å². The van der Waals surface area contributed by atoms with Crippen LogP contribution in [0.25, 0.3) is 0 Å². The van der Waals surface area contributed by atoms with E-state index in [-0.39, 0.29) is 16.6 Å². The first kappa shape index (κ1) is 21.7. The fraction of sp³-hybridized carbons (Fsp3) is 0.0455. The molecule has 0 fully saturated rings. The third-order valence-corrected chi connectivity index (χ3v) is 4.55. The standard InChI is InChI=1S/C22H17ClN4O4/c1-14-3-2-4-17(11-14)21(28)25-18-8-6-16(7-9-18)22(29)26-24-13-15-5-10-19(23)20(12-15)27(30)31/h2-13H,1H3,(H,25,28)(H,26,29). The van der Waals surface area contributed by atoms with Gasteiger partial charge < -0.3 is 5.32 Å². The number of hydrazone groups is 1. The molecular weight excluding hydrogens is 420 g/mol.